The highest BCUT2D eigenvalue weighted by Gasteiger charge is 2.60. The lowest BCUT2D eigenvalue weighted by Gasteiger charge is -2.28. The number of halogens is 9. The van der Waals surface area contributed by atoms with Gasteiger partial charge in [0.2, 0.25) is 5.60 Å². The number of rotatable bonds is 5. The summed E-state index contributed by atoms with van der Waals surface area (Å²) < 4.78 is 94.6. The van der Waals surface area contributed by atoms with Crippen LogP contribution >= 0.6 is 23.2 Å². The molecule has 0 saturated heterocycles. The van der Waals surface area contributed by atoms with Gasteiger partial charge >= 0.3 is 12.4 Å². The van der Waals surface area contributed by atoms with Crippen LogP contribution in [0.25, 0.3) is 16.5 Å². The van der Waals surface area contributed by atoms with E-state index in [9.17, 15) is 35.5 Å². The quantitative estimate of drug-likeness (QED) is 0.245. The van der Waals surface area contributed by atoms with Gasteiger partial charge in [0.05, 0.1) is 22.3 Å². The zero-order valence-corrected chi connectivity index (χ0v) is 20.2. The van der Waals surface area contributed by atoms with Gasteiger partial charge in [0.25, 0.3) is 5.91 Å². The first kappa shape index (κ1) is 28.0. The number of fused-ring (bicyclic) bond motifs is 1. The third-order valence-corrected chi connectivity index (χ3v) is 6.35. The van der Waals surface area contributed by atoms with E-state index in [1.807, 2.05) is 5.32 Å². The minimum Gasteiger partial charge on any atom is -0.382 e. The van der Waals surface area contributed by atoms with Gasteiger partial charge in [-0.1, -0.05) is 53.5 Å². The second kappa shape index (κ2) is 9.92. The van der Waals surface area contributed by atoms with Crippen molar-refractivity contribution in [1.82, 2.24) is 10.8 Å². The normalized spacial score (nSPS) is 18.7. The van der Waals surface area contributed by atoms with Crippen molar-refractivity contribution in [3.8, 4) is 0 Å². The van der Waals surface area contributed by atoms with Gasteiger partial charge in [-0.05, 0) is 35.0 Å². The highest BCUT2D eigenvalue weighted by Crippen LogP contribution is 2.49. The first-order valence-electron chi connectivity index (χ1n) is 10.6. The van der Waals surface area contributed by atoms with E-state index in [0.29, 0.717) is 6.08 Å². The zero-order valence-electron chi connectivity index (χ0n) is 18.6. The maximum atomic E-state index is 14.3. The Morgan fingerprint density at radius 3 is 2.21 bits per heavy atom. The number of alkyl halides is 6. The molecule has 1 heterocycles. The topological polar surface area (TPSA) is 70.6 Å². The number of carbonyl (C=O) groups excluding carboxylic acids is 1. The molecule has 38 heavy (non-hydrogen) atoms. The van der Waals surface area contributed by atoms with E-state index in [0.717, 1.165) is 12.1 Å². The predicted octanol–water partition coefficient (Wildman–Crippen LogP) is 6.27. The Bertz CT molecular complexity index is 1420. The number of aliphatic hydroxyl groups excluding tert-OH is 1. The predicted molar refractivity (Wildman–Crippen MR) is 125 cm³/mol. The van der Waals surface area contributed by atoms with Crippen molar-refractivity contribution in [2.75, 3.05) is 6.54 Å². The van der Waals surface area contributed by atoms with Crippen LogP contribution in [0, 0.1) is 5.82 Å². The Morgan fingerprint density at radius 1 is 1.03 bits per heavy atom. The largest absolute Gasteiger partial charge is 0.428 e. The highest BCUT2D eigenvalue weighted by atomic mass is 35.5. The molecule has 5 nitrogen and oxygen atoms in total. The lowest BCUT2D eigenvalue weighted by atomic mass is 9.90. The van der Waals surface area contributed by atoms with Crippen LogP contribution in [0.1, 0.15) is 21.5 Å². The third-order valence-electron chi connectivity index (χ3n) is 5.80. The van der Waals surface area contributed by atoms with Crippen LogP contribution in [0.2, 0.25) is 10.0 Å². The van der Waals surface area contributed by atoms with Gasteiger partial charge < -0.3 is 10.4 Å². The molecular formula is C24H15Cl2F7N2O3. The summed E-state index contributed by atoms with van der Waals surface area (Å²) in [6, 6.07) is 9.92. The van der Waals surface area contributed by atoms with E-state index in [4.69, 9.17) is 33.1 Å². The van der Waals surface area contributed by atoms with Crippen LogP contribution in [0.15, 0.2) is 54.6 Å². The number of aliphatic hydroxyl groups is 1. The summed E-state index contributed by atoms with van der Waals surface area (Å²) >= 11 is 11.4. The van der Waals surface area contributed by atoms with Crippen LogP contribution in [0.3, 0.4) is 0 Å². The smallest absolute Gasteiger partial charge is 0.382 e. The van der Waals surface area contributed by atoms with E-state index in [2.05, 4.69) is 5.48 Å². The van der Waals surface area contributed by atoms with Crippen LogP contribution in [-0.2, 0) is 10.4 Å². The van der Waals surface area contributed by atoms with Crippen molar-refractivity contribution in [3.05, 3.63) is 87.2 Å². The fourth-order valence-corrected chi connectivity index (χ4v) is 4.37. The molecule has 0 radical (unpaired) electrons. The van der Waals surface area contributed by atoms with Crippen molar-refractivity contribution in [2.45, 2.75) is 24.1 Å². The van der Waals surface area contributed by atoms with Crippen LogP contribution in [0.4, 0.5) is 30.7 Å². The molecule has 1 aliphatic rings. The number of nitrogens with one attached hydrogen (secondary N) is 2. The summed E-state index contributed by atoms with van der Waals surface area (Å²) in [4.78, 5) is 17.6. The maximum absolute atomic E-state index is 14.3. The fourth-order valence-electron chi connectivity index (χ4n) is 3.88. The summed E-state index contributed by atoms with van der Waals surface area (Å²) in [7, 11) is 0. The van der Waals surface area contributed by atoms with Crippen molar-refractivity contribution in [2.24, 2.45) is 0 Å². The van der Waals surface area contributed by atoms with E-state index < -0.39 is 57.9 Å². The number of carbonyl (C=O) groups is 1. The molecule has 3 aromatic carbocycles. The van der Waals surface area contributed by atoms with Gasteiger partial charge in [-0.25, -0.2) is 4.39 Å². The lowest BCUT2D eigenvalue weighted by molar-refractivity contribution is -0.269. The Labute approximate surface area is 219 Å². The molecular weight excluding hydrogens is 568 g/mol. The molecule has 202 valence electrons. The van der Waals surface area contributed by atoms with E-state index >= 15 is 0 Å². The fraction of sp³-hybridized carbons (Fsp3) is 0.208. The Morgan fingerprint density at radius 2 is 1.63 bits per heavy atom. The Kier molecular flexibility index (Phi) is 7.30. The first-order valence-corrected chi connectivity index (χ1v) is 11.3. The molecule has 3 N–H and O–H groups in total. The SMILES string of the molecule is O=C(NCC(O)C(F)(F)F)c1ccc(C2=CC(c3cc(Cl)c(F)c(Cl)c3)(C(F)(F)F)ON2)c2ccccc12. The average molecular weight is 583 g/mol. The number of hydroxylamine groups is 1. The zero-order chi connectivity index (χ0) is 28.0. The monoisotopic (exact) mass is 582 g/mol. The summed E-state index contributed by atoms with van der Waals surface area (Å²) in [6.07, 6.45) is -12.1. The van der Waals surface area contributed by atoms with Gasteiger partial charge in [-0.15, -0.1) is 0 Å². The molecule has 0 bridgehead atoms. The summed E-state index contributed by atoms with van der Waals surface area (Å²) in [6.45, 7) is -1.10. The van der Waals surface area contributed by atoms with E-state index in [-0.39, 0.29) is 27.6 Å². The molecule has 0 aliphatic carbocycles. The number of benzene rings is 3. The molecule has 4 rings (SSSR count). The molecule has 3 aromatic rings. The number of amides is 1. The maximum Gasteiger partial charge on any atom is 0.428 e. The standard InChI is InChI=1S/C24H15Cl2F7N2O3/c25-16-7-11(8-17(26)20(16)27)22(24(31,32)33)9-18(35-38-22)14-5-6-15(13-4-2-1-3-12(13)14)21(37)34-10-19(36)23(28,29)30/h1-9,19,35-36H,10H2,(H,34,37). The summed E-state index contributed by atoms with van der Waals surface area (Å²) in [5.74, 6) is -2.05. The van der Waals surface area contributed by atoms with Crippen molar-refractivity contribution >= 4 is 45.6 Å². The second-order valence-corrected chi connectivity index (χ2v) is 9.04. The number of hydrogen-bond donors (Lipinski definition) is 3. The average Bonchev–Trinajstić information content (AvgIpc) is 3.31. The molecule has 1 aliphatic heterocycles. The molecule has 0 fully saturated rings. The summed E-state index contributed by atoms with van der Waals surface area (Å²) in [5, 5.41) is 10.3. The Balaban J connectivity index is 1.77. The minimum absolute atomic E-state index is 0.0857. The molecule has 14 heteroatoms. The van der Waals surface area contributed by atoms with E-state index in [1.54, 1.807) is 0 Å². The van der Waals surface area contributed by atoms with E-state index in [1.165, 1.54) is 36.4 Å². The summed E-state index contributed by atoms with van der Waals surface area (Å²) in [5.41, 5.74) is -1.61. The number of hydrogen-bond acceptors (Lipinski definition) is 4. The van der Waals surface area contributed by atoms with Gasteiger partial charge in [-0.3, -0.25) is 15.1 Å². The molecule has 2 unspecified atom stereocenters. The van der Waals surface area contributed by atoms with Gasteiger partial charge in [-0.2, -0.15) is 26.3 Å². The van der Waals surface area contributed by atoms with Gasteiger partial charge in [0.15, 0.2) is 11.9 Å². The van der Waals surface area contributed by atoms with Crippen molar-refractivity contribution in [1.29, 1.82) is 0 Å². The third kappa shape index (κ3) is 5.00. The lowest BCUT2D eigenvalue weighted by Crippen LogP contribution is -2.42. The Hall–Kier alpha value is -3.06. The highest BCUT2D eigenvalue weighted by molar-refractivity contribution is 6.35. The van der Waals surface area contributed by atoms with Crippen LogP contribution in [0.5, 0.6) is 0 Å². The minimum atomic E-state index is -5.07. The molecule has 1 amide bonds. The second-order valence-electron chi connectivity index (χ2n) is 8.22. The van der Waals surface area contributed by atoms with Crippen molar-refractivity contribution < 1.29 is 45.5 Å². The molecule has 0 saturated carbocycles. The van der Waals surface area contributed by atoms with Crippen molar-refractivity contribution in [3.63, 3.8) is 0 Å². The van der Waals surface area contributed by atoms with Crippen LogP contribution < -0.4 is 10.8 Å². The molecule has 2 atom stereocenters. The van der Waals surface area contributed by atoms with Gasteiger partial charge in [0, 0.05) is 16.7 Å². The first-order chi connectivity index (χ1) is 17.7. The molecule has 0 aromatic heterocycles. The van der Waals surface area contributed by atoms with Crippen LogP contribution in [-0.4, -0.2) is 36.0 Å². The van der Waals surface area contributed by atoms with Gasteiger partial charge in [0.1, 0.15) is 0 Å². The molecule has 0 spiro atoms.